The molecule has 2 fully saturated rings. The maximum absolute atomic E-state index is 3.98. The molecule has 2 aliphatic rings. The highest BCUT2D eigenvalue weighted by Gasteiger charge is 2.33. The van der Waals surface area contributed by atoms with Gasteiger partial charge >= 0.3 is 0 Å². The molecule has 1 nitrogen and oxygen atoms in total. The molecule has 2 heteroatoms. The predicted octanol–water partition coefficient (Wildman–Crippen LogP) is 4.47. The Morgan fingerprint density at radius 2 is 1.72 bits per heavy atom. The van der Waals surface area contributed by atoms with Crippen LogP contribution in [0.25, 0.3) is 0 Å². The third-order valence-electron chi connectivity index (χ3n) is 5.15. The van der Waals surface area contributed by atoms with Crippen molar-refractivity contribution < 1.29 is 0 Å². The second-order valence-electron chi connectivity index (χ2n) is 7.37. The summed E-state index contributed by atoms with van der Waals surface area (Å²) in [6, 6.07) is 1.59. The molecule has 0 aromatic carbocycles. The minimum Gasteiger partial charge on any atom is -0.311 e. The Hall–Kier alpha value is 0.310. The van der Waals surface area contributed by atoms with Crippen molar-refractivity contribution in [3.8, 4) is 0 Å². The normalized spacial score (nSPS) is 40.7. The molecule has 106 valence electrons. The molecule has 0 aliphatic heterocycles. The molecule has 1 N–H and O–H groups in total. The topological polar surface area (TPSA) is 12.0 Å². The van der Waals surface area contributed by atoms with Crippen molar-refractivity contribution in [1.82, 2.24) is 5.32 Å². The van der Waals surface area contributed by atoms with Crippen LogP contribution in [0.3, 0.4) is 0 Å². The Morgan fingerprint density at radius 3 is 2.28 bits per heavy atom. The number of thioether (sulfide) groups is 1. The summed E-state index contributed by atoms with van der Waals surface area (Å²) in [5, 5.41) is 4.92. The van der Waals surface area contributed by atoms with Gasteiger partial charge in [-0.2, -0.15) is 11.8 Å². The van der Waals surface area contributed by atoms with Crippen LogP contribution in [0.4, 0.5) is 0 Å². The Morgan fingerprint density at radius 1 is 1.06 bits per heavy atom. The van der Waals surface area contributed by atoms with Crippen molar-refractivity contribution in [2.24, 2.45) is 11.3 Å². The molecule has 0 heterocycles. The lowest BCUT2D eigenvalue weighted by molar-refractivity contribution is 0.136. The molecule has 0 aromatic heterocycles. The van der Waals surface area contributed by atoms with E-state index in [4.69, 9.17) is 0 Å². The van der Waals surface area contributed by atoms with Crippen molar-refractivity contribution in [1.29, 1.82) is 0 Å². The van der Waals surface area contributed by atoms with Crippen molar-refractivity contribution in [2.45, 2.75) is 83.1 Å². The smallest absolute Gasteiger partial charge is 0.00956 e. The van der Waals surface area contributed by atoms with Crippen LogP contribution in [0, 0.1) is 11.3 Å². The summed E-state index contributed by atoms with van der Waals surface area (Å²) in [4.78, 5) is 0. The molecular formula is C16H31NS. The monoisotopic (exact) mass is 269 g/mol. The lowest BCUT2D eigenvalue weighted by Crippen LogP contribution is -2.47. The summed E-state index contributed by atoms with van der Waals surface area (Å²) >= 11 is 2.07. The first-order chi connectivity index (χ1) is 8.50. The lowest BCUT2D eigenvalue weighted by Gasteiger charge is -2.42. The zero-order chi connectivity index (χ0) is 13.2. The summed E-state index contributed by atoms with van der Waals surface area (Å²) in [5.41, 5.74) is 0.577. The molecule has 2 atom stereocenters. The van der Waals surface area contributed by atoms with E-state index in [9.17, 15) is 0 Å². The minimum absolute atomic E-state index is 0.577. The SMILES string of the molecule is CSC1CCC(NC2CCC(C)(C)CC2C)CC1. The van der Waals surface area contributed by atoms with E-state index in [2.05, 4.69) is 44.1 Å². The molecule has 0 spiro atoms. The van der Waals surface area contributed by atoms with Crippen LogP contribution in [-0.2, 0) is 0 Å². The average Bonchev–Trinajstić information content (AvgIpc) is 2.33. The highest BCUT2D eigenvalue weighted by molar-refractivity contribution is 7.99. The minimum atomic E-state index is 0.577. The van der Waals surface area contributed by atoms with Crippen molar-refractivity contribution in [3.05, 3.63) is 0 Å². The fourth-order valence-electron chi connectivity index (χ4n) is 3.96. The van der Waals surface area contributed by atoms with Crippen LogP contribution in [-0.4, -0.2) is 23.6 Å². The van der Waals surface area contributed by atoms with Gasteiger partial charge in [-0.05, 0) is 62.5 Å². The van der Waals surface area contributed by atoms with Gasteiger partial charge in [0.2, 0.25) is 0 Å². The van der Waals surface area contributed by atoms with E-state index in [0.29, 0.717) is 5.41 Å². The average molecular weight is 269 g/mol. The van der Waals surface area contributed by atoms with Gasteiger partial charge in [0.05, 0.1) is 0 Å². The first-order valence-electron chi connectivity index (χ1n) is 7.79. The molecule has 2 unspecified atom stereocenters. The molecule has 2 aliphatic carbocycles. The summed E-state index contributed by atoms with van der Waals surface area (Å²) in [6.07, 6.45) is 12.1. The fraction of sp³-hybridized carbons (Fsp3) is 1.00. The van der Waals surface area contributed by atoms with Gasteiger partial charge in [0.15, 0.2) is 0 Å². The van der Waals surface area contributed by atoms with Gasteiger partial charge in [-0.1, -0.05) is 20.8 Å². The Bertz CT molecular complexity index is 256. The second kappa shape index (κ2) is 6.17. The standard InChI is InChI=1S/C16H31NS/c1-12-11-16(2,3)10-9-15(12)17-13-5-7-14(18-4)8-6-13/h12-15,17H,5-11H2,1-4H3. The highest BCUT2D eigenvalue weighted by atomic mass is 32.2. The highest BCUT2D eigenvalue weighted by Crippen LogP contribution is 2.39. The molecule has 0 saturated heterocycles. The van der Waals surface area contributed by atoms with Gasteiger partial charge in [0.25, 0.3) is 0 Å². The van der Waals surface area contributed by atoms with Gasteiger partial charge in [-0.25, -0.2) is 0 Å². The molecule has 0 bridgehead atoms. The molecule has 0 radical (unpaired) electrons. The number of hydrogen-bond donors (Lipinski definition) is 1. The van der Waals surface area contributed by atoms with Crippen LogP contribution in [0.5, 0.6) is 0 Å². The van der Waals surface area contributed by atoms with E-state index in [-0.39, 0.29) is 0 Å². The van der Waals surface area contributed by atoms with E-state index < -0.39 is 0 Å². The van der Waals surface area contributed by atoms with E-state index in [1.165, 1.54) is 44.9 Å². The largest absolute Gasteiger partial charge is 0.311 e. The molecule has 2 rings (SSSR count). The third kappa shape index (κ3) is 3.90. The zero-order valence-corrected chi connectivity index (χ0v) is 13.5. The van der Waals surface area contributed by atoms with E-state index >= 15 is 0 Å². The van der Waals surface area contributed by atoms with Crippen LogP contribution in [0.1, 0.15) is 65.7 Å². The number of hydrogen-bond acceptors (Lipinski definition) is 2. The van der Waals surface area contributed by atoms with Crippen molar-refractivity contribution in [3.63, 3.8) is 0 Å². The van der Waals surface area contributed by atoms with Gasteiger partial charge < -0.3 is 5.32 Å². The first-order valence-corrected chi connectivity index (χ1v) is 9.08. The third-order valence-corrected chi connectivity index (χ3v) is 6.29. The summed E-state index contributed by atoms with van der Waals surface area (Å²) in [5.74, 6) is 0.854. The van der Waals surface area contributed by atoms with Crippen LogP contribution in [0.2, 0.25) is 0 Å². The molecule has 0 aromatic rings. The zero-order valence-electron chi connectivity index (χ0n) is 12.7. The summed E-state index contributed by atoms with van der Waals surface area (Å²) < 4.78 is 0. The maximum atomic E-state index is 3.98. The van der Waals surface area contributed by atoms with Crippen molar-refractivity contribution >= 4 is 11.8 Å². The van der Waals surface area contributed by atoms with E-state index in [1.807, 2.05) is 0 Å². The van der Waals surface area contributed by atoms with Crippen LogP contribution < -0.4 is 5.32 Å². The quantitative estimate of drug-likeness (QED) is 0.811. The van der Waals surface area contributed by atoms with Gasteiger partial charge in [-0.3, -0.25) is 0 Å². The predicted molar refractivity (Wildman–Crippen MR) is 83.3 cm³/mol. The fourth-order valence-corrected chi connectivity index (χ4v) is 4.71. The molecule has 2 saturated carbocycles. The Balaban J connectivity index is 1.77. The molecule has 0 amide bonds. The Labute approximate surface area is 118 Å². The summed E-state index contributed by atoms with van der Waals surface area (Å²) in [7, 11) is 0. The number of nitrogens with one attached hydrogen (secondary N) is 1. The van der Waals surface area contributed by atoms with Crippen LogP contribution >= 0.6 is 11.8 Å². The summed E-state index contributed by atoms with van der Waals surface area (Å²) in [6.45, 7) is 7.32. The van der Waals surface area contributed by atoms with Gasteiger partial charge in [-0.15, -0.1) is 0 Å². The van der Waals surface area contributed by atoms with Gasteiger partial charge in [0, 0.05) is 17.3 Å². The maximum Gasteiger partial charge on any atom is 0.00956 e. The van der Waals surface area contributed by atoms with Gasteiger partial charge in [0.1, 0.15) is 0 Å². The molecular weight excluding hydrogens is 238 g/mol. The first kappa shape index (κ1) is 14.7. The molecule has 18 heavy (non-hydrogen) atoms. The van der Waals surface area contributed by atoms with E-state index in [0.717, 1.165) is 23.3 Å². The Kier molecular flexibility index (Phi) is 5.05. The van der Waals surface area contributed by atoms with Crippen LogP contribution in [0.15, 0.2) is 0 Å². The van der Waals surface area contributed by atoms with E-state index in [1.54, 1.807) is 0 Å². The number of rotatable bonds is 3. The lowest BCUT2D eigenvalue weighted by atomic mass is 9.70. The van der Waals surface area contributed by atoms with Crippen molar-refractivity contribution in [2.75, 3.05) is 6.26 Å². The second-order valence-corrected chi connectivity index (χ2v) is 8.50.